The molecule has 2 heteroatoms. The Morgan fingerprint density at radius 2 is 1.71 bits per heavy atom. The van der Waals surface area contributed by atoms with E-state index in [0.29, 0.717) is 21.1 Å². The van der Waals surface area contributed by atoms with Crippen LogP contribution in [0.5, 0.6) is 0 Å². The number of rotatable bonds is 2. The van der Waals surface area contributed by atoms with E-state index in [1.807, 2.05) is 11.3 Å². The number of aryl methyl sites for hydroxylation is 2. The molecule has 0 radical (unpaired) electrons. The molecule has 0 aromatic carbocycles. The van der Waals surface area contributed by atoms with Crippen LogP contribution < -0.4 is 0 Å². The van der Waals surface area contributed by atoms with Gasteiger partial charge in [0.05, 0.1) is 4.83 Å². The van der Waals surface area contributed by atoms with Crippen molar-refractivity contribution in [2.45, 2.75) is 71.0 Å². The monoisotopic (exact) mass is 366 g/mol. The van der Waals surface area contributed by atoms with E-state index in [1.54, 1.807) is 4.88 Å². The van der Waals surface area contributed by atoms with Crippen LogP contribution in [0.15, 0.2) is 6.07 Å². The lowest BCUT2D eigenvalue weighted by Gasteiger charge is -2.66. The standard InChI is InChI=1S/C19H27BrS/c1-12-5-13(2)21-15(12)16(20)19-8-14-6-17(3,10-19)9-18(4,7-14)11-19/h5,14,16H,6-11H2,1-4H3. The van der Waals surface area contributed by atoms with E-state index >= 15 is 0 Å². The molecule has 21 heavy (non-hydrogen) atoms. The second kappa shape index (κ2) is 4.38. The Hall–Kier alpha value is 0.180. The highest BCUT2D eigenvalue weighted by Crippen LogP contribution is 2.73. The minimum Gasteiger partial charge on any atom is -0.144 e. The van der Waals surface area contributed by atoms with Crippen molar-refractivity contribution in [1.82, 2.24) is 0 Å². The van der Waals surface area contributed by atoms with Crippen molar-refractivity contribution in [2.24, 2.45) is 22.2 Å². The summed E-state index contributed by atoms with van der Waals surface area (Å²) in [6, 6.07) is 2.37. The van der Waals surface area contributed by atoms with Crippen LogP contribution in [0.1, 0.15) is 72.5 Å². The third-order valence-corrected chi connectivity index (χ3v) is 9.47. The van der Waals surface area contributed by atoms with Gasteiger partial charge in [0.1, 0.15) is 0 Å². The Labute approximate surface area is 141 Å². The molecule has 5 rings (SSSR count). The Bertz CT molecular complexity index is 568. The Balaban J connectivity index is 1.75. The van der Waals surface area contributed by atoms with E-state index in [9.17, 15) is 0 Å². The molecule has 4 bridgehead atoms. The molecule has 3 unspecified atom stereocenters. The van der Waals surface area contributed by atoms with Crippen molar-refractivity contribution in [1.29, 1.82) is 0 Å². The number of thiophene rings is 1. The molecule has 1 heterocycles. The molecular formula is C19H27BrS. The van der Waals surface area contributed by atoms with Crippen molar-refractivity contribution in [3.63, 3.8) is 0 Å². The van der Waals surface area contributed by atoms with E-state index in [0.717, 1.165) is 5.92 Å². The fourth-order valence-electron chi connectivity index (χ4n) is 7.01. The van der Waals surface area contributed by atoms with Gasteiger partial charge in [0, 0.05) is 9.75 Å². The molecule has 4 saturated carbocycles. The van der Waals surface area contributed by atoms with Gasteiger partial charge in [-0.05, 0) is 86.2 Å². The molecule has 1 aromatic rings. The zero-order chi connectivity index (χ0) is 15.0. The lowest BCUT2D eigenvalue weighted by molar-refractivity contribution is -0.144. The quantitative estimate of drug-likeness (QED) is 0.504. The molecule has 4 aliphatic carbocycles. The maximum atomic E-state index is 4.20. The minimum atomic E-state index is 0.519. The number of halogens is 1. The van der Waals surface area contributed by atoms with Crippen LogP contribution in [-0.2, 0) is 0 Å². The van der Waals surface area contributed by atoms with Crippen molar-refractivity contribution in [2.75, 3.05) is 0 Å². The Morgan fingerprint density at radius 3 is 2.19 bits per heavy atom. The van der Waals surface area contributed by atoms with Gasteiger partial charge in [-0.25, -0.2) is 0 Å². The minimum absolute atomic E-state index is 0.519. The summed E-state index contributed by atoms with van der Waals surface area (Å²) < 4.78 is 0. The molecule has 0 spiro atoms. The first-order valence-electron chi connectivity index (χ1n) is 8.44. The summed E-state index contributed by atoms with van der Waals surface area (Å²) in [4.78, 5) is 3.65. The molecule has 4 fully saturated rings. The summed E-state index contributed by atoms with van der Waals surface area (Å²) in [5, 5.41) is 0. The third-order valence-electron chi connectivity index (χ3n) is 6.52. The molecular weight excluding hydrogens is 340 g/mol. The SMILES string of the molecule is Cc1cc(C)c(C(Br)C23CC4CC(C)(CC(C)(C4)C2)C3)s1. The van der Waals surface area contributed by atoms with Crippen LogP contribution in [0.2, 0.25) is 0 Å². The van der Waals surface area contributed by atoms with Gasteiger partial charge in [-0.3, -0.25) is 0 Å². The summed E-state index contributed by atoms with van der Waals surface area (Å²) >= 11 is 6.22. The Morgan fingerprint density at radius 1 is 1.10 bits per heavy atom. The van der Waals surface area contributed by atoms with Gasteiger partial charge < -0.3 is 0 Å². The predicted molar refractivity (Wildman–Crippen MR) is 95.3 cm³/mol. The molecule has 0 nitrogen and oxygen atoms in total. The third kappa shape index (κ3) is 2.19. The largest absolute Gasteiger partial charge is 0.144 e. The highest BCUT2D eigenvalue weighted by molar-refractivity contribution is 9.09. The lowest BCUT2D eigenvalue weighted by atomic mass is 9.40. The fourth-order valence-corrected chi connectivity index (χ4v) is 9.32. The van der Waals surface area contributed by atoms with Gasteiger partial charge in [-0.1, -0.05) is 29.8 Å². The molecule has 4 aliphatic rings. The highest BCUT2D eigenvalue weighted by atomic mass is 79.9. The maximum absolute atomic E-state index is 4.20. The molecule has 0 N–H and O–H groups in total. The molecule has 3 atom stereocenters. The van der Waals surface area contributed by atoms with Crippen LogP contribution >= 0.6 is 27.3 Å². The van der Waals surface area contributed by atoms with Crippen molar-refractivity contribution >= 4 is 27.3 Å². The topological polar surface area (TPSA) is 0 Å². The van der Waals surface area contributed by atoms with Gasteiger partial charge in [-0.2, -0.15) is 0 Å². The summed E-state index contributed by atoms with van der Waals surface area (Å²) in [5.74, 6) is 0.984. The van der Waals surface area contributed by atoms with E-state index in [-0.39, 0.29) is 0 Å². The molecule has 0 amide bonds. The first-order valence-corrected chi connectivity index (χ1v) is 10.2. The van der Waals surface area contributed by atoms with Crippen molar-refractivity contribution < 1.29 is 0 Å². The van der Waals surface area contributed by atoms with Gasteiger partial charge in [0.15, 0.2) is 0 Å². The van der Waals surface area contributed by atoms with E-state index in [2.05, 4.69) is 49.7 Å². The van der Waals surface area contributed by atoms with Crippen LogP contribution in [0, 0.1) is 36.0 Å². The second-order valence-corrected chi connectivity index (χ2v) is 11.5. The first-order chi connectivity index (χ1) is 9.73. The fraction of sp³-hybridized carbons (Fsp3) is 0.789. The van der Waals surface area contributed by atoms with E-state index < -0.39 is 0 Å². The number of hydrogen-bond acceptors (Lipinski definition) is 1. The number of alkyl halides is 1. The predicted octanol–water partition coefficient (Wildman–Crippen LogP) is 6.80. The molecule has 0 saturated heterocycles. The van der Waals surface area contributed by atoms with E-state index in [4.69, 9.17) is 0 Å². The van der Waals surface area contributed by atoms with Crippen LogP contribution in [0.4, 0.5) is 0 Å². The summed E-state index contributed by atoms with van der Waals surface area (Å²) in [5.41, 5.74) is 3.25. The normalized spacial score (nSPS) is 46.0. The van der Waals surface area contributed by atoms with E-state index in [1.165, 1.54) is 49.0 Å². The van der Waals surface area contributed by atoms with Crippen LogP contribution in [-0.4, -0.2) is 0 Å². The first kappa shape index (κ1) is 14.8. The van der Waals surface area contributed by atoms with Crippen LogP contribution in [0.25, 0.3) is 0 Å². The summed E-state index contributed by atoms with van der Waals surface area (Å²) in [7, 11) is 0. The second-order valence-electron chi connectivity index (χ2n) is 9.26. The smallest absolute Gasteiger partial charge is 0.0548 e. The van der Waals surface area contributed by atoms with Gasteiger partial charge >= 0.3 is 0 Å². The molecule has 1 aromatic heterocycles. The zero-order valence-corrected chi connectivity index (χ0v) is 16.2. The van der Waals surface area contributed by atoms with Crippen LogP contribution in [0.3, 0.4) is 0 Å². The zero-order valence-electron chi connectivity index (χ0n) is 13.8. The number of hydrogen-bond donors (Lipinski definition) is 0. The van der Waals surface area contributed by atoms with Gasteiger partial charge in [0.2, 0.25) is 0 Å². The highest BCUT2D eigenvalue weighted by Gasteiger charge is 2.62. The summed E-state index contributed by atoms with van der Waals surface area (Å²) in [6.07, 6.45) is 8.81. The summed E-state index contributed by atoms with van der Waals surface area (Å²) in [6.45, 7) is 9.72. The van der Waals surface area contributed by atoms with Gasteiger partial charge in [0.25, 0.3) is 0 Å². The average molecular weight is 367 g/mol. The molecule has 0 aliphatic heterocycles. The van der Waals surface area contributed by atoms with Crippen molar-refractivity contribution in [3.8, 4) is 0 Å². The lowest BCUT2D eigenvalue weighted by Crippen LogP contribution is -2.56. The molecule has 116 valence electrons. The van der Waals surface area contributed by atoms with Gasteiger partial charge in [-0.15, -0.1) is 11.3 Å². The van der Waals surface area contributed by atoms with Crippen molar-refractivity contribution in [3.05, 3.63) is 21.4 Å². The Kier molecular flexibility index (Phi) is 3.08. The average Bonchev–Trinajstić information content (AvgIpc) is 2.62. The maximum Gasteiger partial charge on any atom is 0.0548 e.